The molecule has 1 saturated carbocycles. The van der Waals surface area contributed by atoms with E-state index < -0.39 is 0 Å². The number of halogens is 1. The Morgan fingerprint density at radius 2 is 2.04 bits per heavy atom. The predicted molar refractivity (Wildman–Crippen MR) is 111 cm³/mol. The van der Waals surface area contributed by atoms with Crippen LogP contribution in [0.1, 0.15) is 37.7 Å². The van der Waals surface area contributed by atoms with Crippen molar-refractivity contribution in [2.75, 3.05) is 46.6 Å². The second-order valence-electron chi connectivity index (χ2n) is 7.60. The fourth-order valence-corrected chi connectivity index (χ4v) is 3.92. The van der Waals surface area contributed by atoms with E-state index in [9.17, 15) is 0 Å². The van der Waals surface area contributed by atoms with Crippen LogP contribution >= 0.6 is 11.6 Å². The maximum absolute atomic E-state index is 6.53. The van der Waals surface area contributed by atoms with E-state index in [1.807, 2.05) is 19.2 Å². The minimum Gasteiger partial charge on any atom is -0.381 e. The van der Waals surface area contributed by atoms with Gasteiger partial charge in [0.2, 0.25) is 0 Å². The third kappa shape index (κ3) is 6.09. The van der Waals surface area contributed by atoms with Crippen LogP contribution < -0.4 is 10.6 Å². The smallest absolute Gasteiger partial charge is 0.191 e. The number of benzene rings is 1. The van der Waals surface area contributed by atoms with E-state index in [1.165, 1.54) is 18.4 Å². The summed E-state index contributed by atoms with van der Waals surface area (Å²) in [5, 5.41) is 7.73. The number of rotatable bonds is 9. The molecule has 0 unspecified atom stereocenters. The summed E-state index contributed by atoms with van der Waals surface area (Å²) in [4.78, 5) is 4.37. The Morgan fingerprint density at radius 1 is 1.26 bits per heavy atom. The molecule has 5 nitrogen and oxygen atoms in total. The molecule has 150 valence electrons. The Labute approximate surface area is 167 Å². The molecule has 2 aliphatic rings. The summed E-state index contributed by atoms with van der Waals surface area (Å²) >= 11 is 6.53. The molecular weight excluding hydrogens is 362 g/mol. The normalized spacial score (nSPS) is 19.7. The molecule has 1 aliphatic carbocycles. The second-order valence-corrected chi connectivity index (χ2v) is 8.00. The lowest BCUT2D eigenvalue weighted by molar-refractivity contribution is 0.0514. The first-order valence-electron chi connectivity index (χ1n) is 10.1. The standard InChI is InChI=1S/C21H32ClN3O2/c1-23-20(24-11-4-12-27-15-17-7-8-17)25-16-21(9-13-26-14-10-21)18-5-2-3-6-19(18)22/h2-3,5-6,17H,4,7-16H2,1H3,(H2,23,24,25). The van der Waals surface area contributed by atoms with Crippen molar-refractivity contribution in [2.45, 2.75) is 37.5 Å². The second kappa shape index (κ2) is 10.3. The molecule has 2 N–H and O–H groups in total. The lowest BCUT2D eigenvalue weighted by Gasteiger charge is -2.38. The Kier molecular flexibility index (Phi) is 7.80. The molecule has 1 heterocycles. The van der Waals surface area contributed by atoms with Crippen molar-refractivity contribution in [1.82, 2.24) is 10.6 Å². The summed E-state index contributed by atoms with van der Waals surface area (Å²) in [5.74, 6) is 1.66. The van der Waals surface area contributed by atoms with Gasteiger partial charge in [-0.1, -0.05) is 29.8 Å². The quantitative estimate of drug-likeness (QED) is 0.383. The third-order valence-corrected chi connectivity index (χ3v) is 5.85. The zero-order valence-electron chi connectivity index (χ0n) is 16.3. The van der Waals surface area contributed by atoms with Gasteiger partial charge in [0.15, 0.2) is 5.96 Å². The van der Waals surface area contributed by atoms with Gasteiger partial charge in [0.05, 0.1) is 0 Å². The first-order chi connectivity index (χ1) is 13.2. The molecule has 0 radical (unpaired) electrons. The maximum Gasteiger partial charge on any atom is 0.191 e. The molecule has 1 saturated heterocycles. The number of hydrogen-bond acceptors (Lipinski definition) is 3. The number of nitrogens with one attached hydrogen (secondary N) is 2. The number of nitrogens with zero attached hydrogens (tertiary/aromatic N) is 1. The molecule has 0 bridgehead atoms. The van der Waals surface area contributed by atoms with Crippen LogP contribution in [0.2, 0.25) is 5.02 Å². The lowest BCUT2D eigenvalue weighted by atomic mass is 9.74. The summed E-state index contributed by atoms with van der Waals surface area (Å²) in [6, 6.07) is 8.16. The first kappa shape index (κ1) is 20.4. The van der Waals surface area contributed by atoms with E-state index in [4.69, 9.17) is 21.1 Å². The van der Waals surface area contributed by atoms with Crippen LogP contribution in [-0.4, -0.2) is 52.5 Å². The Hall–Kier alpha value is -1.30. The highest BCUT2D eigenvalue weighted by molar-refractivity contribution is 6.31. The predicted octanol–water partition coefficient (Wildman–Crippen LogP) is 3.37. The topological polar surface area (TPSA) is 54.9 Å². The molecule has 0 aromatic heterocycles. The number of ether oxygens (including phenoxy) is 2. The highest BCUT2D eigenvalue weighted by atomic mass is 35.5. The first-order valence-corrected chi connectivity index (χ1v) is 10.5. The Morgan fingerprint density at radius 3 is 2.74 bits per heavy atom. The van der Waals surface area contributed by atoms with Crippen molar-refractivity contribution in [3.05, 3.63) is 34.9 Å². The fraction of sp³-hybridized carbons (Fsp3) is 0.667. The third-order valence-electron chi connectivity index (χ3n) is 5.52. The Bertz CT molecular complexity index is 613. The number of guanidine groups is 1. The molecule has 1 aromatic carbocycles. The summed E-state index contributed by atoms with van der Waals surface area (Å²) in [7, 11) is 1.81. The van der Waals surface area contributed by atoms with E-state index in [1.54, 1.807) is 0 Å². The van der Waals surface area contributed by atoms with Crippen molar-refractivity contribution in [1.29, 1.82) is 0 Å². The summed E-state index contributed by atoms with van der Waals surface area (Å²) in [6.07, 6.45) is 5.57. The average molecular weight is 394 g/mol. The van der Waals surface area contributed by atoms with Crippen LogP contribution in [0.3, 0.4) is 0 Å². The van der Waals surface area contributed by atoms with Crippen LogP contribution in [0.4, 0.5) is 0 Å². The molecule has 1 aliphatic heterocycles. The van der Waals surface area contributed by atoms with Crippen molar-refractivity contribution in [2.24, 2.45) is 10.9 Å². The van der Waals surface area contributed by atoms with E-state index in [2.05, 4.69) is 27.8 Å². The average Bonchev–Trinajstić information content (AvgIpc) is 3.52. The van der Waals surface area contributed by atoms with Crippen molar-refractivity contribution in [3.8, 4) is 0 Å². The van der Waals surface area contributed by atoms with E-state index in [0.717, 1.165) is 75.7 Å². The van der Waals surface area contributed by atoms with Crippen LogP contribution in [0.25, 0.3) is 0 Å². The molecule has 0 spiro atoms. The highest BCUT2D eigenvalue weighted by Gasteiger charge is 2.36. The molecule has 0 atom stereocenters. The molecular formula is C21H32ClN3O2. The largest absolute Gasteiger partial charge is 0.381 e. The molecule has 0 amide bonds. The fourth-order valence-electron chi connectivity index (χ4n) is 3.58. The van der Waals surface area contributed by atoms with Gasteiger partial charge in [-0.05, 0) is 49.7 Å². The van der Waals surface area contributed by atoms with Gasteiger partial charge in [0.25, 0.3) is 0 Å². The summed E-state index contributed by atoms with van der Waals surface area (Å²) in [6.45, 7) is 4.90. The highest BCUT2D eigenvalue weighted by Crippen LogP contribution is 2.38. The van der Waals surface area contributed by atoms with Crippen LogP contribution in [0, 0.1) is 5.92 Å². The van der Waals surface area contributed by atoms with Gasteiger partial charge in [-0.3, -0.25) is 4.99 Å². The van der Waals surface area contributed by atoms with Crippen molar-refractivity contribution in [3.63, 3.8) is 0 Å². The zero-order chi connectivity index (χ0) is 19.0. The molecule has 6 heteroatoms. The molecule has 2 fully saturated rings. The van der Waals surface area contributed by atoms with Crippen LogP contribution in [0.15, 0.2) is 29.3 Å². The Balaban J connectivity index is 1.48. The van der Waals surface area contributed by atoms with E-state index in [-0.39, 0.29) is 5.41 Å². The van der Waals surface area contributed by atoms with Crippen LogP contribution in [0.5, 0.6) is 0 Å². The summed E-state index contributed by atoms with van der Waals surface area (Å²) in [5.41, 5.74) is 1.17. The molecule has 27 heavy (non-hydrogen) atoms. The van der Waals surface area contributed by atoms with Gasteiger partial charge in [-0.2, -0.15) is 0 Å². The van der Waals surface area contributed by atoms with Gasteiger partial charge in [-0.15, -0.1) is 0 Å². The summed E-state index contributed by atoms with van der Waals surface area (Å²) < 4.78 is 11.3. The van der Waals surface area contributed by atoms with Gasteiger partial charge in [0, 0.05) is 57.0 Å². The minimum absolute atomic E-state index is 0.0262. The molecule has 3 rings (SSSR count). The van der Waals surface area contributed by atoms with Crippen molar-refractivity contribution >= 4 is 17.6 Å². The van der Waals surface area contributed by atoms with Crippen molar-refractivity contribution < 1.29 is 9.47 Å². The van der Waals surface area contributed by atoms with Gasteiger partial charge in [-0.25, -0.2) is 0 Å². The monoisotopic (exact) mass is 393 g/mol. The van der Waals surface area contributed by atoms with Gasteiger partial charge < -0.3 is 20.1 Å². The van der Waals surface area contributed by atoms with E-state index >= 15 is 0 Å². The van der Waals surface area contributed by atoms with Gasteiger partial charge in [0.1, 0.15) is 0 Å². The number of aliphatic imine (C=N–C) groups is 1. The van der Waals surface area contributed by atoms with E-state index in [0.29, 0.717) is 0 Å². The zero-order valence-corrected chi connectivity index (χ0v) is 17.1. The van der Waals surface area contributed by atoms with Gasteiger partial charge >= 0.3 is 0 Å². The number of hydrogen-bond donors (Lipinski definition) is 2. The lowest BCUT2D eigenvalue weighted by Crippen LogP contribution is -2.48. The maximum atomic E-state index is 6.53. The molecule has 1 aromatic rings. The SMILES string of the molecule is CN=C(NCCCOCC1CC1)NCC1(c2ccccc2Cl)CCOCC1. The minimum atomic E-state index is -0.0262. The van der Waals surface area contributed by atoms with Crippen LogP contribution in [-0.2, 0) is 14.9 Å².